The largest absolute Gasteiger partial charge is 0.465 e. The van der Waals surface area contributed by atoms with Crippen molar-refractivity contribution < 1.29 is 27.5 Å². The number of hydrogen-bond donors (Lipinski definition) is 0. The fourth-order valence-corrected chi connectivity index (χ4v) is 5.94. The molecule has 1 atom stereocenters. The van der Waals surface area contributed by atoms with Crippen molar-refractivity contribution >= 4 is 39.0 Å². The molecule has 1 unspecified atom stereocenters. The molecule has 0 radical (unpaired) electrons. The van der Waals surface area contributed by atoms with Crippen molar-refractivity contribution in [1.82, 2.24) is 0 Å². The van der Waals surface area contributed by atoms with Gasteiger partial charge >= 0.3 is 5.97 Å². The zero-order valence-electron chi connectivity index (χ0n) is 15.1. The number of para-hydroxylation sites is 1. The second-order valence-corrected chi connectivity index (χ2v) is 8.66. The summed E-state index contributed by atoms with van der Waals surface area (Å²) in [6.45, 7) is 0. The van der Waals surface area contributed by atoms with Crippen LogP contribution in [0, 0.1) is 0 Å². The van der Waals surface area contributed by atoms with E-state index >= 15 is 0 Å². The summed E-state index contributed by atoms with van der Waals surface area (Å²) in [6.07, 6.45) is 0. The van der Waals surface area contributed by atoms with E-state index in [4.69, 9.17) is 4.74 Å². The number of ether oxygens (including phenoxy) is 1. The van der Waals surface area contributed by atoms with Gasteiger partial charge in [0.2, 0.25) is 5.91 Å². The number of rotatable bonds is 2. The Balaban J connectivity index is 2.02. The SMILES string of the molecule is COC(=O)c1cccc(N2C(=O)CS(=O)(=O)C23C(=O)N(C)c2ccccc23)c1. The van der Waals surface area contributed by atoms with E-state index in [9.17, 15) is 22.8 Å². The molecule has 2 aliphatic heterocycles. The summed E-state index contributed by atoms with van der Waals surface area (Å²) in [5.41, 5.74) is 0.906. The fraction of sp³-hybridized carbons (Fsp3) is 0.211. The van der Waals surface area contributed by atoms with Gasteiger partial charge in [0, 0.05) is 18.3 Å². The molecule has 0 saturated carbocycles. The first-order valence-electron chi connectivity index (χ1n) is 8.37. The Labute approximate surface area is 161 Å². The van der Waals surface area contributed by atoms with Gasteiger partial charge in [-0.3, -0.25) is 14.5 Å². The highest BCUT2D eigenvalue weighted by Crippen LogP contribution is 2.51. The van der Waals surface area contributed by atoms with Crippen LogP contribution < -0.4 is 9.80 Å². The van der Waals surface area contributed by atoms with E-state index in [1.807, 2.05) is 0 Å². The predicted octanol–water partition coefficient (Wildman–Crippen LogP) is 1.06. The van der Waals surface area contributed by atoms with Crippen LogP contribution in [-0.4, -0.2) is 46.1 Å². The molecular weight excluding hydrogens is 384 g/mol. The van der Waals surface area contributed by atoms with Crippen LogP contribution in [0.15, 0.2) is 48.5 Å². The molecule has 4 rings (SSSR count). The number of benzene rings is 2. The number of fused-ring (bicyclic) bond motifs is 2. The lowest BCUT2D eigenvalue weighted by Gasteiger charge is -2.32. The molecule has 2 amide bonds. The van der Waals surface area contributed by atoms with E-state index in [0.29, 0.717) is 5.69 Å². The zero-order chi connectivity index (χ0) is 20.3. The monoisotopic (exact) mass is 400 g/mol. The van der Waals surface area contributed by atoms with Crippen molar-refractivity contribution in [3.05, 3.63) is 59.7 Å². The molecule has 2 aromatic carbocycles. The van der Waals surface area contributed by atoms with Gasteiger partial charge in [0.15, 0.2) is 9.84 Å². The Morgan fingerprint density at radius 3 is 2.54 bits per heavy atom. The summed E-state index contributed by atoms with van der Waals surface area (Å²) in [5, 5.41) is 0. The van der Waals surface area contributed by atoms with Crippen LogP contribution in [0.25, 0.3) is 0 Å². The van der Waals surface area contributed by atoms with Crippen molar-refractivity contribution in [3.63, 3.8) is 0 Å². The smallest absolute Gasteiger partial charge is 0.337 e. The Morgan fingerprint density at radius 1 is 1.11 bits per heavy atom. The third-order valence-corrected chi connectivity index (χ3v) is 7.18. The summed E-state index contributed by atoms with van der Waals surface area (Å²) in [5.74, 6) is -2.91. The number of hydrogen-bond acceptors (Lipinski definition) is 6. The molecule has 28 heavy (non-hydrogen) atoms. The molecule has 0 aliphatic carbocycles. The second kappa shape index (κ2) is 5.90. The molecule has 2 aliphatic rings. The molecule has 0 N–H and O–H groups in total. The van der Waals surface area contributed by atoms with Gasteiger partial charge < -0.3 is 9.64 Å². The van der Waals surface area contributed by atoms with Crippen molar-refractivity contribution in [3.8, 4) is 0 Å². The lowest BCUT2D eigenvalue weighted by atomic mass is 10.0. The summed E-state index contributed by atoms with van der Waals surface area (Å²) in [7, 11) is -1.51. The van der Waals surface area contributed by atoms with Crippen LogP contribution in [0.5, 0.6) is 0 Å². The van der Waals surface area contributed by atoms with Crippen LogP contribution in [0.4, 0.5) is 11.4 Å². The standard InChI is InChI=1S/C19H16N2O6S/c1-20-15-9-4-3-8-14(15)19(18(20)24)21(16(22)11-28(19,25)26)13-7-5-6-12(10-13)17(23)27-2/h3-10H,11H2,1-2H3. The maximum atomic E-state index is 13.3. The van der Waals surface area contributed by atoms with Crippen molar-refractivity contribution in [2.45, 2.75) is 4.87 Å². The van der Waals surface area contributed by atoms with Gasteiger partial charge in [0.05, 0.1) is 18.4 Å². The van der Waals surface area contributed by atoms with Crippen molar-refractivity contribution in [2.75, 3.05) is 29.7 Å². The minimum Gasteiger partial charge on any atom is -0.465 e. The van der Waals surface area contributed by atoms with Gasteiger partial charge in [-0.15, -0.1) is 0 Å². The summed E-state index contributed by atoms with van der Waals surface area (Å²) >= 11 is 0. The molecular formula is C19H16N2O6S. The van der Waals surface area contributed by atoms with Crippen LogP contribution >= 0.6 is 0 Å². The first kappa shape index (κ1) is 18.2. The highest BCUT2D eigenvalue weighted by Gasteiger charge is 2.69. The number of anilines is 2. The Kier molecular flexibility index (Phi) is 3.83. The topological polar surface area (TPSA) is 101 Å². The molecule has 2 aromatic rings. The van der Waals surface area contributed by atoms with Gasteiger partial charge in [-0.25, -0.2) is 13.2 Å². The van der Waals surface area contributed by atoms with E-state index in [-0.39, 0.29) is 16.8 Å². The molecule has 0 aromatic heterocycles. The highest BCUT2D eigenvalue weighted by molar-refractivity contribution is 7.94. The van der Waals surface area contributed by atoms with Crippen molar-refractivity contribution in [2.24, 2.45) is 0 Å². The lowest BCUT2D eigenvalue weighted by molar-refractivity contribution is -0.123. The molecule has 9 heteroatoms. The van der Waals surface area contributed by atoms with Gasteiger partial charge in [0.1, 0.15) is 5.75 Å². The van der Waals surface area contributed by atoms with E-state index in [2.05, 4.69) is 0 Å². The molecule has 2 heterocycles. The third-order valence-electron chi connectivity index (χ3n) is 5.08. The van der Waals surface area contributed by atoms with E-state index in [0.717, 1.165) is 4.90 Å². The summed E-state index contributed by atoms with van der Waals surface area (Å²) < 4.78 is 31.0. The van der Waals surface area contributed by atoms with Crippen LogP contribution in [-0.2, 0) is 29.0 Å². The number of nitrogens with zero attached hydrogens (tertiary/aromatic N) is 2. The average molecular weight is 400 g/mol. The van der Waals surface area contributed by atoms with Crippen LogP contribution in [0.1, 0.15) is 15.9 Å². The molecule has 1 spiro atoms. The summed E-state index contributed by atoms with van der Waals surface area (Å²) in [6, 6.07) is 12.3. The van der Waals surface area contributed by atoms with Crippen LogP contribution in [0.2, 0.25) is 0 Å². The molecule has 0 bridgehead atoms. The van der Waals surface area contributed by atoms with E-state index < -0.39 is 38.2 Å². The summed E-state index contributed by atoms with van der Waals surface area (Å²) in [4.78, 5) is 38.0. The van der Waals surface area contributed by atoms with Gasteiger partial charge in [0.25, 0.3) is 10.8 Å². The van der Waals surface area contributed by atoms with Gasteiger partial charge in [-0.05, 0) is 24.3 Å². The Hall–Kier alpha value is -3.20. The predicted molar refractivity (Wildman–Crippen MR) is 101 cm³/mol. The number of carbonyl (C=O) groups is 3. The minimum absolute atomic E-state index is 0.132. The number of methoxy groups -OCH3 is 1. The Morgan fingerprint density at radius 2 is 1.82 bits per heavy atom. The maximum Gasteiger partial charge on any atom is 0.337 e. The van der Waals surface area contributed by atoms with Crippen LogP contribution in [0.3, 0.4) is 0 Å². The lowest BCUT2D eigenvalue weighted by Crippen LogP contribution is -2.53. The molecule has 144 valence electrons. The normalized spacial score (nSPS) is 22.6. The highest BCUT2D eigenvalue weighted by atomic mass is 32.2. The van der Waals surface area contributed by atoms with E-state index in [1.54, 1.807) is 18.2 Å². The van der Waals surface area contributed by atoms with Crippen molar-refractivity contribution in [1.29, 1.82) is 0 Å². The number of likely N-dealkylation sites (N-methyl/N-ethyl adjacent to an activating group) is 1. The molecule has 1 saturated heterocycles. The third kappa shape index (κ3) is 2.10. The van der Waals surface area contributed by atoms with Gasteiger partial charge in [-0.1, -0.05) is 24.3 Å². The van der Waals surface area contributed by atoms with Gasteiger partial charge in [-0.2, -0.15) is 0 Å². The fourth-order valence-electron chi connectivity index (χ4n) is 3.88. The first-order valence-corrected chi connectivity index (χ1v) is 10.0. The minimum atomic E-state index is -4.20. The number of sulfone groups is 1. The first-order chi connectivity index (χ1) is 13.3. The number of esters is 1. The Bertz CT molecular complexity index is 1140. The molecule has 1 fully saturated rings. The number of carbonyl (C=O) groups excluding carboxylic acids is 3. The quantitative estimate of drug-likeness (QED) is 0.699. The maximum absolute atomic E-state index is 13.3. The average Bonchev–Trinajstić information content (AvgIpc) is 3.04. The number of amides is 2. The molecule has 8 nitrogen and oxygen atoms in total. The van der Waals surface area contributed by atoms with E-state index in [1.165, 1.54) is 49.4 Å². The zero-order valence-corrected chi connectivity index (χ0v) is 15.9. The second-order valence-electron chi connectivity index (χ2n) is 6.56.